The molecule has 1 aromatic heterocycles. The van der Waals surface area contributed by atoms with Crippen LogP contribution in [0.15, 0.2) is 12.3 Å². The van der Waals surface area contributed by atoms with E-state index in [4.69, 9.17) is 5.73 Å². The van der Waals surface area contributed by atoms with E-state index in [0.717, 1.165) is 13.0 Å². The van der Waals surface area contributed by atoms with Crippen molar-refractivity contribution in [2.45, 2.75) is 26.8 Å². The Morgan fingerprint density at radius 1 is 1.58 bits per heavy atom. The van der Waals surface area contributed by atoms with Crippen molar-refractivity contribution in [3.05, 3.63) is 18.0 Å². The fourth-order valence-corrected chi connectivity index (χ4v) is 1.23. The van der Waals surface area contributed by atoms with Crippen LogP contribution in [0.3, 0.4) is 0 Å². The summed E-state index contributed by atoms with van der Waals surface area (Å²) in [6.45, 7) is 6.06. The molecule has 0 bridgehead atoms. The van der Waals surface area contributed by atoms with Crippen LogP contribution in [-0.4, -0.2) is 16.3 Å². The number of aromatic nitrogens is 2. The van der Waals surface area contributed by atoms with E-state index in [2.05, 4.69) is 18.9 Å². The summed E-state index contributed by atoms with van der Waals surface area (Å²) in [6, 6.07) is 2.04. The molecule has 0 saturated heterocycles. The predicted octanol–water partition coefficient (Wildman–Crippen LogP) is 1.04. The Bertz CT molecular complexity index is 227. The summed E-state index contributed by atoms with van der Waals surface area (Å²) < 4.78 is 2.04. The average Bonchev–Trinajstić information content (AvgIpc) is 2.37. The molecule has 3 heteroatoms. The van der Waals surface area contributed by atoms with Crippen molar-refractivity contribution in [3.8, 4) is 0 Å². The summed E-state index contributed by atoms with van der Waals surface area (Å²) in [7, 11) is 0. The highest BCUT2D eigenvalue weighted by atomic mass is 15.3. The van der Waals surface area contributed by atoms with Crippen LogP contribution in [0.2, 0.25) is 0 Å². The van der Waals surface area contributed by atoms with E-state index in [1.165, 1.54) is 5.69 Å². The Kier molecular flexibility index (Phi) is 3.29. The van der Waals surface area contributed by atoms with Crippen LogP contribution in [0.4, 0.5) is 0 Å². The van der Waals surface area contributed by atoms with Crippen molar-refractivity contribution in [1.29, 1.82) is 0 Å². The molecule has 68 valence electrons. The zero-order valence-electron chi connectivity index (χ0n) is 7.83. The fourth-order valence-electron chi connectivity index (χ4n) is 1.23. The average molecular weight is 167 g/mol. The summed E-state index contributed by atoms with van der Waals surface area (Å²) in [5.41, 5.74) is 6.72. The van der Waals surface area contributed by atoms with Gasteiger partial charge in [-0.15, -0.1) is 0 Å². The summed E-state index contributed by atoms with van der Waals surface area (Å²) in [5, 5.41) is 4.24. The van der Waals surface area contributed by atoms with Crippen LogP contribution in [0.5, 0.6) is 0 Å². The van der Waals surface area contributed by atoms with Gasteiger partial charge in [-0.25, -0.2) is 0 Å². The van der Waals surface area contributed by atoms with Gasteiger partial charge in [0, 0.05) is 24.9 Å². The molecule has 0 atom stereocenters. The quantitative estimate of drug-likeness (QED) is 0.728. The predicted molar refractivity (Wildman–Crippen MR) is 49.8 cm³/mol. The Morgan fingerprint density at radius 2 is 2.33 bits per heavy atom. The first kappa shape index (κ1) is 9.26. The van der Waals surface area contributed by atoms with Gasteiger partial charge >= 0.3 is 0 Å². The molecule has 0 saturated carbocycles. The van der Waals surface area contributed by atoms with Crippen molar-refractivity contribution in [1.82, 2.24) is 9.78 Å². The number of nitrogens with two attached hydrogens (primary N) is 1. The first-order chi connectivity index (χ1) is 5.74. The molecule has 12 heavy (non-hydrogen) atoms. The second-order valence-electron chi connectivity index (χ2n) is 3.44. The lowest BCUT2D eigenvalue weighted by Crippen LogP contribution is -2.12. The molecular formula is C9H17N3. The van der Waals surface area contributed by atoms with Crippen molar-refractivity contribution >= 4 is 0 Å². The highest BCUT2D eigenvalue weighted by Gasteiger charge is 2.02. The topological polar surface area (TPSA) is 43.8 Å². The van der Waals surface area contributed by atoms with E-state index < -0.39 is 0 Å². The van der Waals surface area contributed by atoms with Crippen molar-refractivity contribution in [3.63, 3.8) is 0 Å². The number of hydrogen-bond acceptors (Lipinski definition) is 2. The molecule has 0 fully saturated rings. The van der Waals surface area contributed by atoms with Crippen molar-refractivity contribution in [2.24, 2.45) is 11.7 Å². The first-order valence-electron chi connectivity index (χ1n) is 4.44. The maximum atomic E-state index is 5.48. The van der Waals surface area contributed by atoms with Gasteiger partial charge in [-0.3, -0.25) is 4.68 Å². The lowest BCUT2D eigenvalue weighted by molar-refractivity contribution is 0.468. The molecule has 0 aliphatic rings. The van der Waals surface area contributed by atoms with Gasteiger partial charge in [0.05, 0.1) is 0 Å². The highest BCUT2D eigenvalue weighted by Crippen LogP contribution is 2.03. The molecule has 0 spiro atoms. The largest absolute Gasteiger partial charge is 0.330 e. The van der Waals surface area contributed by atoms with Crippen LogP contribution in [0, 0.1) is 5.92 Å². The zero-order chi connectivity index (χ0) is 8.97. The van der Waals surface area contributed by atoms with E-state index >= 15 is 0 Å². The molecule has 2 N–H and O–H groups in total. The molecular weight excluding hydrogens is 150 g/mol. The zero-order valence-corrected chi connectivity index (χ0v) is 7.83. The van der Waals surface area contributed by atoms with E-state index in [-0.39, 0.29) is 0 Å². The Hall–Kier alpha value is -0.830. The van der Waals surface area contributed by atoms with Crippen LogP contribution in [-0.2, 0) is 13.0 Å². The Balaban J connectivity index is 2.63. The summed E-state index contributed by atoms with van der Waals surface area (Å²) in [4.78, 5) is 0. The van der Waals surface area contributed by atoms with E-state index in [0.29, 0.717) is 12.5 Å². The SMILES string of the molecule is CC(C)Cn1nccc1CCN. The molecule has 0 unspecified atom stereocenters. The molecule has 0 aliphatic carbocycles. The molecule has 0 aromatic carbocycles. The lowest BCUT2D eigenvalue weighted by Gasteiger charge is -2.08. The monoisotopic (exact) mass is 167 g/mol. The lowest BCUT2D eigenvalue weighted by atomic mass is 10.2. The molecule has 0 amide bonds. The van der Waals surface area contributed by atoms with Gasteiger partial charge in [-0.2, -0.15) is 5.10 Å². The van der Waals surface area contributed by atoms with E-state index in [1.54, 1.807) is 0 Å². The van der Waals surface area contributed by atoms with Gasteiger partial charge in [0.25, 0.3) is 0 Å². The van der Waals surface area contributed by atoms with Crippen molar-refractivity contribution < 1.29 is 0 Å². The second kappa shape index (κ2) is 4.26. The molecule has 0 radical (unpaired) electrons. The third-order valence-electron chi connectivity index (χ3n) is 1.74. The van der Waals surface area contributed by atoms with Gasteiger partial charge in [-0.05, 0) is 18.5 Å². The van der Waals surface area contributed by atoms with Gasteiger partial charge in [-0.1, -0.05) is 13.8 Å². The minimum absolute atomic E-state index is 0.640. The third-order valence-corrected chi connectivity index (χ3v) is 1.74. The second-order valence-corrected chi connectivity index (χ2v) is 3.44. The first-order valence-corrected chi connectivity index (χ1v) is 4.44. The Labute approximate surface area is 73.6 Å². The molecule has 1 rings (SSSR count). The van der Waals surface area contributed by atoms with Gasteiger partial charge in [0.1, 0.15) is 0 Å². The third kappa shape index (κ3) is 2.34. The number of hydrogen-bond donors (Lipinski definition) is 1. The molecule has 1 heterocycles. The fraction of sp³-hybridized carbons (Fsp3) is 0.667. The normalized spacial score (nSPS) is 11.0. The van der Waals surface area contributed by atoms with Crippen LogP contribution in [0.25, 0.3) is 0 Å². The van der Waals surface area contributed by atoms with E-state index in [9.17, 15) is 0 Å². The molecule has 1 aromatic rings. The van der Waals surface area contributed by atoms with Crippen LogP contribution < -0.4 is 5.73 Å². The minimum atomic E-state index is 0.640. The highest BCUT2D eigenvalue weighted by molar-refractivity contribution is 5.00. The summed E-state index contributed by atoms with van der Waals surface area (Å²) >= 11 is 0. The van der Waals surface area contributed by atoms with Crippen LogP contribution in [0.1, 0.15) is 19.5 Å². The van der Waals surface area contributed by atoms with Crippen LogP contribution >= 0.6 is 0 Å². The maximum Gasteiger partial charge on any atom is 0.0492 e. The van der Waals surface area contributed by atoms with Gasteiger partial charge in [0.2, 0.25) is 0 Å². The van der Waals surface area contributed by atoms with Crippen molar-refractivity contribution in [2.75, 3.05) is 6.54 Å². The minimum Gasteiger partial charge on any atom is -0.330 e. The maximum absolute atomic E-state index is 5.48. The molecule has 3 nitrogen and oxygen atoms in total. The number of nitrogens with zero attached hydrogens (tertiary/aromatic N) is 2. The van der Waals surface area contributed by atoms with E-state index in [1.807, 2.05) is 16.9 Å². The van der Waals surface area contributed by atoms with Gasteiger partial charge < -0.3 is 5.73 Å². The Morgan fingerprint density at radius 3 is 2.92 bits per heavy atom. The standard InChI is InChI=1S/C9H17N3/c1-8(2)7-12-9(3-5-10)4-6-11-12/h4,6,8H,3,5,7,10H2,1-2H3. The number of rotatable bonds is 4. The smallest absolute Gasteiger partial charge is 0.0492 e. The summed E-state index contributed by atoms with van der Waals surface area (Å²) in [6.07, 6.45) is 2.76. The van der Waals surface area contributed by atoms with Gasteiger partial charge in [0.15, 0.2) is 0 Å². The molecule has 0 aliphatic heterocycles. The summed E-state index contributed by atoms with van der Waals surface area (Å²) in [5.74, 6) is 0.640.